The summed E-state index contributed by atoms with van der Waals surface area (Å²) in [6.07, 6.45) is 4.79. The summed E-state index contributed by atoms with van der Waals surface area (Å²) in [4.78, 5) is 27.9. The van der Waals surface area contributed by atoms with Gasteiger partial charge in [-0.3, -0.25) is 9.59 Å². The lowest BCUT2D eigenvalue weighted by Crippen LogP contribution is -2.29. The molecule has 154 valence electrons. The highest BCUT2D eigenvalue weighted by atomic mass is 16.5. The van der Waals surface area contributed by atoms with E-state index in [-0.39, 0.29) is 11.7 Å². The maximum atomic E-state index is 12.6. The standard InChI is InChI=1S/C25H26N2O3/c1-17-7-6-9-18(15-17)22-14-13-21(25(29)27-22)24(28)26-16-19-8-2-5-12-23(19)30-20-10-3-4-11-20/h2,5-9,12-15,20H,3-4,10-11,16H2,1H3,(H,26,28)(H,27,29). The van der Waals surface area contributed by atoms with Gasteiger partial charge in [-0.1, -0.05) is 42.0 Å². The van der Waals surface area contributed by atoms with E-state index < -0.39 is 11.5 Å². The molecule has 1 amide bonds. The van der Waals surface area contributed by atoms with Crippen molar-refractivity contribution in [3.63, 3.8) is 0 Å². The number of ether oxygens (including phenoxy) is 1. The molecule has 2 N–H and O–H groups in total. The van der Waals surface area contributed by atoms with E-state index in [1.165, 1.54) is 12.8 Å². The van der Waals surface area contributed by atoms with E-state index in [2.05, 4.69) is 10.3 Å². The van der Waals surface area contributed by atoms with Crippen LogP contribution in [0.5, 0.6) is 5.75 Å². The quantitative estimate of drug-likeness (QED) is 0.633. The van der Waals surface area contributed by atoms with E-state index in [1.807, 2.05) is 55.5 Å². The molecule has 0 unspecified atom stereocenters. The van der Waals surface area contributed by atoms with Gasteiger partial charge in [0, 0.05) is 17.8 Å². The van der Waals surface area contributed by atoms with E-state index in [0.717, 1.165) is 35.3 Å². The minimum atomic E-state index is -0.401. The van der Waals surface area contributed by atoms with E-state index >= 15 is 0 Å². The summed E-state index contributed by atoms with van der Waals surface area (Å²) in [6.45, 7) is 2.30. The summed E-state index contributed by atoms with van der Waals surface area (Å²) < 4.78 is 6.12. The van der Waals surface area contributed by atoms with E-state index in [1.54, 1.807) is 12.1 Å². The van der Waals surface area contributed by atoms with Crippen molar-refractivity contribution in [1.82, 2.24) is 10.3 Å². The number of benzene rings is 2. The second kappa shape index (κ2) is 8.99. The van der Waals surface area contributed by atoms with Crippen LogP contribution in [0.4, 0.5) is 0 Å². The summed E-state index contributed by atoms with van der Waals surface area (Å²) in [5.74, 6) is 0.399. The van der Waals surface area contributed by atoms with Crippen molar-refractivity contribution in [2.45, 2.75) is 45.3 Å². The van der Waals surface area contributed by atoms with Crippen LogP contribution >= 0.6 is 0 Å². The SMILES string of the molecule is Cc1cccc(-c2ccc(C(=O)NCc3ccccc3OC3CCCC3)c(=O)[nH]2)c1. The lowest BCUT2D eigenvalue weighted by atomic mass is 10.1. The van der Waals surface area contributed by atoms with Crippen molar-refractivity contribution in [3.05, 3.63) is 87.7 Å². The molecule has 0 spiro atoms. The number of hydrogen-bond acceptors (Lipinski definition) is 3. The zero-order chi connectivity index (χ0) is 20.9. The molecule has 3 aromatic rings. The normalized spacial score (nSPS) is 13.9. The van der Waals surface area contributed by atoms with Gasteiger partial charge in [-0.15, -0.1) is 0 Å². The van der Waals surface area contributed by atoms with Crippen molar-refractivity contribution < 1.29 is 9.53 Å². The average Bonchev–Trinajstić information content (AvgIpc) is 3.26. The first-order chi connectivity index (χ1) is 14.6. The first-order valence-corrected chi connectivity index (χ1v) is 10.4. The second-order valence-electron chi connectivity index (χ2n) is 7.80. The molecule has 0 aliphatic heterocycles. The Morgan fingerprint density at radius 2 is 1.87 bits per heavy atom. The van der Waals surface area contributed by atoms with Crippen LogP contribution in [-0.4, -0.2) is 17.0 Å². The van der Waals surface area contributed by atoms with Gasteiger partial charge in [0.05, 0.1) is 6.10 Å². The van der Waals surface area contributed by atoms with Crippen LogP contribution < -0.4 is 15.6 Å². The molecule has 4 rings (SSSR count). The van der Waals surface area contributed by atoms with Crippen molar-refractivity contribution in [3.8, 4) is 17.0 Å². The molecule has 5 nitrogen and oxygen atoms in total. The van der Waals surface area contributed by atoms with Crippen molar-refractivity contribution in [2.75, 3.05) is 0 Å². The van der Waals surface area contributed by atoms with Gasteiger partial charge in [-0.2, -0.15) is 0 Å². The highest BCUT2D eigenvalue weighted by Gasteiger charge is 2.18. The average molecular weight is 402 g/mol. The first kappa shape index (κ1) is 20.0. The summed E-state index contributed by atoms with van der Waals surface area (Å²) >= 11 is 0. The Bertz CT molecular complexity index is 1100. The zero-order valence-electron chi connectivity index (χ0n) is 17.1. The molecule has 5 heteroatoms. The van der Waals surface area contributed by atoms with Gasteiger partial charge < -0.3 is 15.0 Å². The number of para-hydroxylation sites is 1. The Labute approximate surface area is 176 Å². The Hall–Kier alpha value is -3.34. The van der Waals surface area contributed by atoms with E-state index in [4.69, 9.17) is 4.74 Å². The van der Waals surface area contributed by atoms with Crippen molar-refractivity contribution in [2.24, 2.45) is 0 Å². The van der Waals surface area contributed by atoms with Gasteiger partial charge in [-0.25, -0.2) is 0 Å². The monoisotopic (exact) mass is 402 g/mol. The molecule has 1 saturated carbocycles. The topological polar surface area (TPSA) is 71.2 Å². The van der Waals surface area contributed by atoms with E-state index in [9.17, 15) is 9.59 Å². The molecule has 0 atom stereocenters. The Morgan fingerprint density at radius 3 is 2.63 bits per heavy atom. The number of aromatic amines is 1. The number of carbonyl (C=O) groups is 1. The number of amides is 1. The summed E-state index contributed by atoms with van der Waals surface area (Å²) in [6, 6.07) is 18.9. The van der Waals surface area contributed by atoms with E-state index in [0.29, 0.717) is 12.2 Å². The lowest BCUT2D eigenvalue weighted by molar-refractivity contribution is 0.0949. The van der Waals surface area contributed by atoms with Crippen LogP contribution in [0.15, 0.2) is 65.5 Å². The van der Waals surface area contributed by atoms with Crippen LogP contribution in [0.25, 0.3) is 11.3 Å². The number of aromatic nitrogens is 1. The molecular weight excluding hydrogens is 376 g/mol. The fourth-order valence-corrected chi connectivity index (χ4v) is 3.85. The predicted molar refractivity (Wildman–Crippen MR) is 118 cm³/mol. The van der Waals surface area contributed by atoms with Crippen LogP contribution in [0.2, 0.25) is 0 Å². The molecule has 30 heavy (non-hydrogen) atoms. The van der Waals surface area contributed by atoms with Crippen LogP contribution in [0, 0.1) is 6.92 Å². The first-order valence-electron chi connectivity index (χ1n) is 10.4. The number of hydrogen-bond donors (Lipinski definition) is 2. The van der Waals surface area contributed by atoms with Gasteiger partial charge in [-0.05, 0) is 62.4 Å². The number of pyridine rings is 1. The molecule has 2 aromatic carbocycles. The predicted octanol–water partition coefficient (Wildman–Crippen LogP) is 4.60. The summed E-state index contributed by atoms with van der Waals surface area (Å²) in [5, 5.41) is 2.85. The number of H-pyrrole nitrogens is 1. The van der Waals surface area contributed by atoms with Crippen molar-refractivity contribution in [1.29, 1.82) is 0 Å². The Balaban J connectivity index is 1.45. The van der Waals surface area contributed by atoms with Gasteiger partial charge in [0.15, 0.2) is 0 Å². The highest BCUT2D eigenvalue weighted by Crippen LogP contribution is 2.26. The molecule has 1 aromatic heterocycles. The molecule has 1 aliphatic carbocycles. The zero-order valence-corrected chi connectivity index (χ0v) is 17.1. The smallest absolute Gasteiger partial charge is 0.261 e. The second-order valence-corrected chi connectivity index (χ2v) is 7.80. The van der Waals surface area contributed by atoms with Crippen LogP contribution in [0.1, 0.15) is 47.2 Å². The molecular formula is C25H26N2O3. The molecule has 1 fully saturated rings. The molecule has 0 bridgehead atoms. The number of carbonyl (C=O) groups excluding carboxylic acids is 1. The van der Waals surface area contributed by atoms with Crippen LogP contribution in [0.3, 0.4) is 0 Å². The molecule has 1 aliphatic rings. The Kier molecular flexibility index (Phi) is 5.98. The number of aryl methyl sites for hydroxylation is 1. The van der Waals surface area contributed by atoms with Gasteiger partial charge >= 0.3 is 0 Å². The van der Waals surface area contributed by atoms with Crippen LogP contribution in [-0.2, 0) is 6.54 Å². The Morgan fingerprint density at radius 1 is 1.07 bits per heavy atom. The minimum Gasteiger partial charge on any atom is -0.490 e. The largest absolute Gasteiger partial charge is 0.490 e. The molecule has 0 radical (unpaired) electrons. The van der Waals surface area contributed by atoms with Gasteiger partial charge in [0.1, 0.15) is 11.3 Å². The number of nitrogens with one attached hydrogen (secondary N) is 2. The highest BCUT2D eigenvalue weighted by molar-refractivity contribution is 5.94. The lowest BCUT2D eigenvalue weighted by Gasteiger charge is -2.16. The summed E-state index contributed by atoms with van der Waals surface area (Å²) in [5.41, 5.74) is 3.31. The van der Waals surface area contributed by atoms with Gasteiger partial charge in [0.2, 0.25) is 0 Å². The molecule has 1 heterocycles. The molecule has 0 saturated heterocycles. The maximum absolute atomic E-state index is 12.6. The third-order valence-electron chi connectivity index (χ3n) is 5.49. The maximum Gasteiger partial charge on any atom is 0.261 e. The third kappa shape index (κ3) is 4.62. The fraction of sp³-hybridized carbons (Fsp3) is 0.280. The fourth-order valence-electron chi connectivity index (χ4n) is 3.85. The van der Waals surface area contributed by atoms with Gasteiger partial charge in [0.25, 0.3) is 11.5 Å². The summed E-state index contributed by atoms with van der Waals surface area (Å²) in [7, 11) is 0. The minimum absolute atomic E-state index is 0.0978. The third-order valence-corrected chi connectivity index (χ3v) is 5.49. The number of rotatable bonds is 6. The van der Waals surface area contributed by atoms with Crippen molar-refractivity contribution >= 4 is 5.91 Å².